The average Bonchev–Trinajstić information content (AvgIpc) is 2.71. The summed E-state index contributed by atoms with van der Waals surface area (Å²) in [6.07, 6.45) is 2.30. The molecule has 1 aliphatic rings. The van der Waals surface area contributed by atoms with E-state index < -0.39 is 6.17 Å². The Bertz CT molecular complexity index is 244. The van der Waals surface area contributed by atoms with Crippen molar-refractivity contribution in [2.24, 2.45) is 0 Å². The minimum Gasteiger partial charge on any atom is -0.311 e. The second-order valence-corrected chi connectivity index (χ2v) is 4.09. The van der Waals surface area contributed by atoms with Gasteiger partial charge >= 0.3 is 0 Å². The Morgan fingerprint density at radius 3 is 3.15 bits per heavy atom. The van der Waals surface area contributed by atoms with Gasteiger partial charge in [-0.2, -0.15) is 0 Å². The lowest BCUT2D eigenvalue weighted by molar-refractivity contribution is 0.217. The number of piperidine rings is 1. The SMILES string of the molecule is FC(c1cscn1)C1CCCCN1. The number of halogens is 1. The zero-order valence-corrected chi connectivity index (χ0v) is 8.19. The molecule has 0 aliphatic carbocycles. The number of aromatic nitrogens is 1. The molecule has 2 unspecified atom stereocenters. The molecule has 2 heterocycles. The molecule has 0 radical (unpaired) electrons. The fraction of sp³-hybridized carbons (Fsp3) is 0.667. The van der Waals surface area contributed by atoms with Crippen LogP contribution in [0.5, 0.6) is 0 Å². The summed E-state index contributed by atoms with van der Waals surface area (Å²) in [6, 6.07) is -0.0177. The average molecular weight is 200 g/mol. The van der Waals surface area contributed by atoms with Crippen LogP contribution in [-0.4, -0.2) is 17.6 Å². The van der Waals surface area contributed by atoms with Crippen molar-refractivity contribution in [2.75, 3.05) is 6.54 Å². The Morgan fingerprint density at radius 1 is 1.62 bits per heavy atom. The molecule has 2 atom stereocenters. The lowest BCUT2D eigenvalue weighted by Crippen LogP contribution is -2.37. The van der Waals surface area contributed by atoms with E-state index in [1.54, 1.807) is 10.9 Å². The van der Waals surface area contributed by atoms with Crippen LogP contribution in [0.1, 0.15) is 31.1 Å². The summed E-state index contributed by atoms with van der Waals surface area (Å²) in [4.78, 5) is 3.99. The van der Waals surface area contributed by atoms with Crippen LogP contribution >= 0.6 is 11.3 Å². The summed E-state index contributed by atoms with van der Waals surface area (Å²) in [5, 5.41) is 4.99. The van der Waals surface area contributed by atoms with Crippen LogP contribution < -0.4 is 5.32 Å². The zero-order chi connectivity index (χ0) is 9.10. The van der Waals surface area contributed by atoms with Crippen molar-refractivity contribution in [3.63, 3.8) is 0 Å². The Labute approximate surface area is 81.2 Å². The number of hydrogen-bond donors (Lipinski definition) is 1. The third-order valence-corrected chi connectivity index (χ3v) is 3.04. The van der Waals surface area contributed by atoms with Crippen LogP contribution in [0.2, 0.25) is 0 Å². The highest BCUT2D eigenvalue weighted by atomic mass is 32.1. The minimum absolute atomic E-state index is 0.0177. The first kappa shape index (κ1) is 9.09. The summed E-state index contributed by atoms with van der Waals surface area (Å²) in [5.41, 5.74) is 2.27. The molecule has 1 aromatic heterocycles. The Balaban J connectivity index is 1.99. The van der Waals surface area contributed by atoms with Gasteiger partial charge in [0.15, 0.2) is 6.17 Å². The largest absolute Gasteiger partial charge is 0.311 e. The highest BCUT2D eigenvalue weighted by Crippen LogP contribution is 2.25. The van der Waals surface area contributed by atoms with Gasteiger partial charge < -0.3 is 5.32 Å². The maximum atomic E-state index is 13.7. The van der Waals surface area contributed by atoms with Gasteiger partial charge in [0.2, 0.25) is 0 Å². The summed E-state index contributed by atoms with van der Waals surface area (Å²) < 4.78 is 13.7. The third-order valence-electron chi connectivity index (χ3n) is 2.44. The molecule has 2 rings (SSSR count). The zero-order valence-electron chi connectivity index (χ0n) is 7.37. The van der Waals surface area contributed by atoms with Crippen LogP contribution in [0.15, 0.2) is 10.9 Å². The summed E-state index contributed by atoms with van der Waals surface area (Å²) in [6.45, 7) is 0.940. The van der Waals surface area contributed by atoms with E-state index in [0.717, 1.165) is 19.4 Å². The molecule has 0 amide bonds. The Hall–Kier alpha value is -0.480. The number of rotatable bonds is 2. The summed E-state index contributed by atoms with van der Waals surface area (Å²) in [5.74, 6) is 0. The van der Waals surface area contributed by atoms with Crippen molar-refractivity contribution in [3.05, 3.63) is 16.6 Å². The summed E-state index contributed by atoms with van der Waals surface area (Å²) in [7, 11) is 0. The van der Waals surface area contributed by atoms with Gasteiger partial charge in [-0.25, -0.2) is 9.37 Å². The van der Waals surface area contributed by atoms with Crippen LogP contribution in [0.25, 0.3) is 0 Å². The lowest BCUT2D eigenvalue weighted by atomic mass is 9.99. The van der Waals surface area contributed by atoms with Crippen LogP contribution in [0.4, 0.5) is 4.39 Å². The number of nitrogens with one attached hydrogen (secondary N) is 1. The number of hydrogen-bond acceptors (Lipinski definition) is 3. The van der Waals surface area contributed by atoms with Crippen molar-refractivity contribution < 1.29 is 4.39 Å². The lowest BCUT2D eigenvalue weighted by Gasteiger charge is -2.25. The van der Waals surface area contributed by atoms with E-state index in [-0.39, 0.29) is 6.04 Å². The maximum absolute atomic E-state index is 13.7. The predicted molar refractivity (Wildman–Crippen MR) is 51.6 cm³/mol. The fourth-order valence-corrected chi connectivity index (χ4v) is 2.27. The van der Waals surface area contributed by atoms with E-state index in [4.69, 9.17) is 0 Å². The molecule has 1 fully saturated rings. The van der Waals surface area contributed by atoms with Crippen molar-refractivity contribution in [2.45, 2.75) is 31.5 Å². The van der Waals surface area contributed by atoms with E-state index >= 15 is 0 Å². The highest BCUT2D eigenvalue weighted by molar-refractivity contribution is 7.07. The van der Waals surface area contributed by atoms with Gasteiger partial charge in [0, 0.05) is 11.4 Å². The molecule has 0 aromatic carbocycles. The van der Waals surface area contributed by atoms with Gasteiger partial charge in [-0.05, 0) is 19.4 Å². The van der Waals surface area contributed by atoms with Gasteiger partial charge in [-0.3, -0.25) is 0 Å². The molecule has 0 saturated carbocycles. The Morgan fingerprint density at radius 2 is 2.54 bits per heavy atom. The van der Waals surface area contributed by atoms with Gasteiger partial charge in [0.1, 0.15) is 0 Å². The third kappa shape index (κ3) is 2.06. The van der Waals surface area contributed by atoms with Gasteiger partial charge in [-0.15, -0.1) is 11.3 Å². The first-order chi connectivity index (χ1) is 6.38. The van der Waals surface area contributed by atoms with Crippen LogP contribution in [0, 0.1) is 0 Å². The number of alkyl halides is 1. The van der Waals surface area contributed by atoms with Gasteiger partial charge in [0.05, 0.1) is 11.2 Å². The van der Waals surface area contributed by atoms with E-state index in [1.807, 2.05) is 0 Å². The van der Waals surface area contributed by atoms with Crippen LogP contribution in [0.3, 0.4) is 0 Å². The molecule has 1 saturated heterocycles. The van der Waals surface area contributed by atoms with Gasteiger partial charge in [0.25, 0.3) is 0 Å². The normalized spacial score (nSPS) is 25.8. The molecule has 4 heteroatoms. The molecule has 72 valence electrons. The molecule has 0 bridgehead atoms. The van der Waals surface area contributed by atoms with Crippen LogP contribution in [-0.2, 0) is 0 Å². The van der Waals surface area contributed by atoms with Crippen molar-refractivity contribution in [1.82, 2.24) is 10.3 Å². The highest BCUT2D eigenvalue weighted by Gasteiger charge is 2.25. The molecule has 0 spiro atoms. The van der Waals surface area contributed by atoms with Crippen molar-refractivity contribution in [1.29, 1.82) is 0 Å². The van der Waals surface area contributed by atoms with E-state index in [0.29, 0.717) is 5.69 Å². The molecule has 1 N–H and O–H groups in total. The van der Waals surface area contributed by atoms with E-state index in [1.165, 1.54) is 17.8 Å². The standard InChI is InChI=1S/C9H13FN2S/c10-9(8-5-13-6-12-8)7-3-1-2-4-11-7/h5-7,9,11H,1-4H2. The second-order valence-electron chi connectivity index (χ2n) is 3.37. The maximum Gasteiger partial charge on any atom is 0.158 e. The second kappa shape index (κ2) is 4.15. The number of thiazole rings is 1. The van der Waals surface area contributed by atoms with E-state index in [2.05, 4.69) is 10.3 Å². The molecular formula is C9H13FN2S. The summed E-state index contributed by atoms with van der Waals surface area (Å²) >= 11 is 1.45. The molecule has 1 aromatic rings. The predicted octanol–water partition coefficient (Wildman–Crippen LogP) is 2.30. The van der Waals surface area contributed by atoms with E-state index in [9.17, 15) is 4.39 Å². The minimum atomic E-state index is -0.924. The first-order valence-electron chi connectivity index (χ1n) is 4.63. The quantitative estimate of drug-likeness (QED) is 0.792. The van der Waals surface area contributed by atoms with Crippen molar-refractivity contribution >= 4 is 11.3 Å². The topological polar surface area (TPSA) is 24.9 Å². The molecular weight excluding hydrogens is 187 g/mol. The smallest absolute Gasteiger partial charge is 0.158 e. The first-order valence-corrected chi connectivity index (χ1v) is 5.58. The molecule has 13 heavy (non-hydrogen) atoms. The molecule has 1 aliphatic heterocycles. The van der Waals surface area contributed by atoms with Gasteiger partial charge in [-0.1, -0.05) is 6.42 Å². The molecule has 2 nitrogen and oxygen atoms in total. The Kier molecular flexibility index (Phi) is 2.90. The number of nitrogens with zero attached hydrogens (tertiary/aromatic N) is 1. The van der Waals surface area contributed by atoms with Crippen molar-refractivity contribution in [3.8, 4) is 0 Å². The fourth-order valence-electron chi connectivity index (χ4n) is 1.69. The monoisotopic (exact) mass is 200 g/mol.